The molecule has 0 bridgehead atoms. The minimum Gasteiger partial charge on any atom is -0.496 e. The van der Waals surface area contributed by atoms with E-state index in [9.17, 15) is 4.79 Å². The van der Waals surface area contributed by atoms with E-state index in [1.807, 2.05) is 0 Å². The van der Waals surface area contributed by atoms with Crippen LogP contribution in [-0.2, 0) is 0 Å². The molecule has 0 aliphatic rings. The Kier molecular flexibility index (Phi) is 2.87. The highest BCUT2D eigenvalue weighted by molar-refractivity contribution is 6.31. The molecule has 2 aromatic heterocycles. The predicted octanol–water partition coefficient (Wildman–Crippen LogP) is 2.43. The first kappa shape index (κ1) is 12.6. The maximum Gasteiger partial charge on any atom is 0.264 e. The lowest BCUT2D eigenvalue weighted by Gasteiger charge is -2.07. The number of fused-ring (bicyclic) bond motifs is 1. The van der Waals surface area contributed by atoms with E-state index >= 15 is 0 Å². The molecule has 2 heterocycles. The summed E-state index contributed by atoms with van der Waals surface area (Å²) in [7, 11) is 1.54. The molecule has 3 N–H and O–H groups in total. The lowest BCUT2D eigenvalue weighted by molar-refractivity contribution is 0.416. The van der Waals surface area contributed by atoms with Gasteiger partial charge in [0, 0.05) is 16.1 Å². The zero-order chi connectivity index (χ0) is 14.3. The van der Waals surface area contributed by atoms with Gasteiger partial charge in [-0.2, -0.15) is 4.98 Å². The molecule has 3 aromatic rings. The van der Waals surface area contributed by atoms with Crippen LogP contribution in [0.4, 0.5) is 5.95 Å². The van der Waals surface area contributed by atoms with E-state index in [2.05, 4.69) is 9.97 Å². The highest BCUT2D eigenvalue weighted by Gasteiger charge is 2.17. The molecular formula is C13H10ClN3O3. The van der Waals surface area contributed by atoms with Crippen molar-refractivity contribution in [1.29, 1.82) is 0 Å². The van der Waals surface area contributed by atoms with Crippen molar-refractivity contribution in [3.05, 3.63) is 39.8 Å². The largest absolute Gasteiger partial charge is 0.496 e. The van der Waals surface area contributed by atoms with Gasteiger partial charge < -0.3 is 14.9 Å². The Morgan fingerprint density at radius 2 is 2.20 bits per heavy atom. The minimum atomic E-state index is -0.377. The number of halogens is 1. The Hall–Kier alpha value is -2.47. The predicted molar refractivity (Wildman–Crippen MR) is 76.0 cm³/mol. The van der Waals surface area contributed by atoms with Crippen LogP contribution in [0.5, 0.6) is 5.75 Å². The molecule has 0 unspecified atom stereocenters. The van der Waals surface area contributed by atoms with Crippen LogP contribution in [0.15, 0.2) is 33.7 Å². The van der Waals surface area contributed by atoms with Crippen molar-refractivity contribution in [2.75, 3.05) is 12.8 Å². The molecule has 6 nitrogen and oxygen atoms in total. The number of ether oxygens (including phenoxy) is 1. The minimum absolute atomic E-state index is 0.00135. The highest BCUT2D eigenvalue weighted by atomic mass is 35.5. The van der Waals surface area contributed by atoms with E-state index in [0.29, 0.717) is 27.3 Å². The number of H-pyrrole nitrogens is 1. The number of aromatic nitrogens is 2. The molecule has 3 rings (SSSR count). The normalized spacial score (nSPS) is 10.9. The van der Waals surface area contributed by atoms with Gasteiger partial charge in [0.15, 0.2) is 0 Å². The number of aromatic amines is 1. The summed E-state index contributed by atoms with van der Waals surface area (Å²) in [6.45, 7) is 0. The topological polar surface area (TPSA) is 94.1 Å². The van der Waals surface area contributed by atoms with Gasteiger partial charge in [0.2, 0.25) is 11.7 Å². The van der Waals surface area contributed by atoms with Crippen LogP contribution in [0.3, 0.4) is 0 Å². The van der Waals surface area contributed by atoms with Crippen LogP contribution >= 0.6 is 11.6 Å². The van der Waals surface area contributed by atoms with E-state index in [-0.39, 0.29) is 17.2 Å². The Morgan fingerprint density at radius 3 is 2.95 bits per heavy atom. The number of rotatable bonds is 2. The van der Waals surface area contributed by atoms with Crippen molar-refractivity contribution < 1.29 is 9.15 Å². The zero-order valence-electron chi connectivity index (χ0n) is 10.4. The van der Waals surface area contributed by atoms with E-state index < -0.39 is 0 Å². The van der Waals surface area contributed by atoms with E-state index in [0.717, 1.165) is 0 Å². The number of nitrogens with two attached hydrogens (primary N) is 1. The molecule has 1 aromatic carbocycles. The van der Waals surface area contributed by atoms with Crippen LogP contribution in [-0.4, -0.2) is 17.1 Å². The van der Waals surface area contributed by atoms with Crippen LogP contribution in [0, 0.1) is 0 Å². The molecule has 0 aliphatic heterocycles. The van der Waals surface area contributed by atoms with Gasteiger partial charge in [-0.3, -0.25) is 9.78 Å². The van der Waals surface area contributed by atoms with Crippen molar-refractivity contribution >= 4 is 28.6 Å². The number of methoxy groups -OCH3 is 1. The Labute approximate surface area is 118 Å². The number of nitrogens with one attached hydrogen (secondary N) is 1. The Balaban J connectivity index is 2.36. The second kappa shape index (κ2) is 4.57. The highest BCUT2D eigenvalue weighted by Crippen LogP contribution is 2.36. The van der Waals surface area contributed by atoms with Gasteiger partial charge in [-0.1, -0.05) is 11.6 Å². The monoisotopic (exact) mass is 291 g/mol. The third-order valence-electron chi connectivity index (χ3n) is 2.91. The zero-order valence-corrected chi connectivity index (χ0v) is 11.2. The molecule has 0 atom stereocenters. The summed E-state index contributed by atoms with van der Waals surface area (Å²) in [5.74, 6) is 0.579. The van der Waals surface area contributed by atoms with Crippen LogP contribution in [0.2, 0.25) is 5.02 Å². The molecule has 0 radical (unpaired) electrons. The fourth-order valence-corrected chi connectivity index (χ4v) is 2.23. The maximum atomic E-state index is 12.0. The molecule has 7 heteroatoms. The molecule has 0 amide bonds. The first-order chi connectivity index (χ1) is 9.60. The van der Waals surface area contributed by atoms with Gasteiger partial charge in [0.1, 0.15) is 17.4 Å². The Bertz CT molecular complexity index is 854. The SMILES string of the molecule is COc1ccc(Cl)cc1-c1coc2nc(N)[nH]c(=O)c12. The van der Waals surface area contributed by atoms with Gasteiger partial charge >= 0.3 is 0 Å². The number of hydrogen-bond donors (Lipinski definition) is 2. The third-order valence-corrected chi connectivity index (χ3v) is 3.15. The summed E-state index contributed by atoms with van der Waals surface area (Å²) in [6.07, 6.45) is 1.43. The van der Waals surface area contributed by atoms with Crippen molar-refractivity contribution in [3.8, 4) is 16.9 Å². The number of nitrogen functional groups attached to an aromatic ring is 1. The number of hydrogen-bond acceptors (Lipinski definition) is 5. The standard InChI is InChI=1S/C13H10ClN3O3/c1-19-9-3-2-6(14)4-7(9)8-5-20-12-10(8)11(18)16-13(15)17-12/h2-5H,1H3,(H3,15,16,17,18). The van der Waals surface area contributed by atoms with Gasteiger partial charge in [0.05, 0.1) is 7.11 Å². The van der Waals surface area contributed by atoms with E-state index in [1.165, 1.54) is 13.4 Å². The average molecular weight is 292 g/mol. The molecular weight excluding hydrogens is 282 g/mol. The van der Waals surface area contributed by atoms with Gasteiger partial charge in [-0.25, -0.2) is 0 Å². The average Bonchev–Trinajstić information content (AvgIpc) is 2.82. The smallest absolute Gasteiger partial charge is 0.264 e. The maximum absolute atomic E-state index is 12.0. The quantitative estimate of drug-likeness (QED) is 0.756. The molecule has 0 saturated heterocycles. The summed E-state index contributed by atoms with van der Waals surface area (Å²) >= 11 is 6.00. The van der Waals surface area contributed by atoms with Crippen LogP contribution in [0.1, 0.15) is 0 Å². The van der Waals surface area contributed by atoms with Gasteiger partial charge in [-0.05, 0) is 18.2 Å². The fourth-order valence-electron chi connectivity index (χ4n) is 2.05. The molecule has 0 fully saturated rings. The number of benzene rings is 1. The van der Waals surface area contributed by atoms with Crippen molar-refractivity contribution in [3.63, 3.8) is 0 Å². The van der Waals surface area contributed by atoms with Crippen molar-refractivity contribution in [1.82, 2.24) is 9.97 Å². The summed E-state index contributed by atoms with van der Waals surface area (Å²) in [6, 6.07) is 5.11. The summed E-state index contributed by atoms with van der Waals surface area (Å²) in [5.41, 5.74) is 6.47. The van der Waals surface area contributed by atoms with Gasteiger partial charge in [-0.15, -0.1) is 0 Å². The Morgan fingerprint density at radius 1 is 1.40 bits per heavy atom. The van der Waals surface area contributed by atoms with E-state index in [1.54, 1.807) is 18.2 Å². The van der Waals surface area contributed by atoms with Crippen molar-refractivity contribution in [2.45, 2.75) is 0 Å². The molecule has 0 aliphatic carbocycles. The van der Waals surface area contributed by atoms with Crippen molar-refractivity contribution in [2.24, 2.45) is 0 Å². The molecule has 20 heavy (non-hydrogen) atoms. The number of anilines is 1. The van der Waals surface area contributed by atoms with Crippen LogP contribution < -0.4 is 16.0 Å². The second-order valence-corrected chi connectivity index (χ2v) is 4.56. The number of furan rings is 1. The fraction of sp³-hybridized carbons (Fsp3) is 0.0769. The lowest BCUT2D eigenvalue weighted by Crippen LogP contribution is -2.10. The molecule has 0 saturated carbocycles. The van der Waals surface area contributed by atoms with Crippen LogP contribution in [0.25, 0.3) is 22.2 Å². The first-order valence-corrected chi connectivity index (χ1v) is 6.09. The summed E-state index contributed by atoms with van der Waals surface area (Å²) < 4.78 is 10.6. The molecule has 102 valence electrons. The summed E-state index contributed by atoms with van der Waals surface area (Å²) in [5, 5.41) is 0.828. The number of nitrogens with zero attached hydrogens (tertiary/aromatic N) is 1. The first-order valence-electron chi connectivity index (χ1n) is 5.71. The second-order valence-electron chi connectivity index (χ2n) is 4.13. The third kappa shape index (κ3) is 1.90. The van der Waals surface area contributed by atoms with Gasteiger partial charge in [0.25, 0.3) is 5.56 Å². The van der Waals surface area contributed by atoms with E-state index in [4.69, 9.17) is 26.5 Å². The molecule has 0 spiro atoms. The summed E-state index contributed by atoms with van der Waals surface area (Å²) in [4.78, 5) is 18.4. The lowest BCUT2D eigenvalue weighted by atomic mass is 10.1.